The molecule has 0 amide bonds. The molecular weight excluding hydrogens is 398 g/mol. The highest BCUT2D eigenvalue weighted by molar-refractivity contribution is 6.10. The van der Waals surface area contributed by atoms with E-state index in [1.165, 1.54) is 32.8 Å². The summed E-state index contributed by atoms with van der Waals surface area (Å²) in [5.74, 6) is 3.36. The number of nitrogens with zero attached hydrogens (tertiary/aromatic N) is 1. The Morgan fingerprint density at radius 3 is 2.50 bits per heavy atom. The summed E-state index contributed by atoms with van der Waals surface area (Å²) in [7, 11) is 3.54. The maximum Gasteiger partial charge on any atom is 0.225 e. The largest absolute Gasteiger partial charge is 0.493 e. The van der Waals surface area contributed by atoms with Crippen LogP contribution in [0.1, 0.15) is 65.0 Å². The predicted molar refractivity (Wildman–Crippen MR) is 127 cm³/mol. The second-order valence-corrected chi connectivity index (χ2v) is 10.5. The molecule has 2 aromatic carbocycles. The Balaban J connectivity index is 1.90. The summed E-state index contributed by atoms with van der Waals surface area (Å²) in [5.41, 5.74) is 4.10. The van der Waals surface area contributed by atoms with Crippen molar-refractivity contribution in [3.8, 4) is 17.2 Å². The zero-order chi connectivity index (χ0) is 22.6. The number of fused-ring (bicyclic) bond motifs is 5. The molecule has 3 aliphatic rings. The Hall–Kier alpha value is -2.49. The van der Waals surface area contributed by atoms with Crippen molar-refractivity contribution in [2.45, 2.75) is 70.3 Å². The molecule has 3 atom stereocenters. The molecule has 3 aromatic rings. The predicted octanol–water partition coefficient (Wildman–Crippen LogP) is 5.77. The number of benzene rings is 2. The summed E-state index contributed by atoms with van der Waals surface area (Å²) < 4.78 is 21.0. The summed E-state index contributed by atoms with van der Waals surface area (Å²) in [4.78, 5) is 0. The first-order chi connectivity index (χ1) is 15.4. The van der Waals surface area contributed by atoms with E-state index in [-0.39, 0.29) is 16.4 Å². The van der Waals surface area contributed by atoms with Crippen molar-refractivity contribution >= 4 is 21.7 Å². The Bertz CT molecular complexity index is 1310. The number of aromatic nitrogens is 1. The van der Waals surface area contributed by atoms with Gasteiger partial charge in [-0.1, -0.05) is 40.7 Å². The third-order valence-electron chi connectivity index (χ3n) is 9.16. The minimum atomic E-state index is 0.0141. The summed E-state index contributed by atoms with van der Waals surface area (Å²) >= 11 is 0. The monoisotopic (exact) mass is 432 g/mol. The van der Waals surface area contributed by atoms with Gasteiger partial charge in [0.2, 0.25) is 5.52 Å². The van der Waals surface area contributed by atoms with E-state index in [4.69, 9.17) is 14.2 Å². The van der Waals surface area contributed by atoms with Gasteiger partial charge < -0.3 is 14.2 Å². The van der Waals surface area contributed by atoms with Gasteiger partial charge in [0.05, 0.1) is 42.6 Å². The molecule has 1 aliphatic carbocycles. The van der Waals surface area contributed by atoms with Crippen LogP contribution in [0.2, 0.25) is 0 Å². The Kier molecular flexibility index (Phi) is 3.83. The fraction of sp³-hybridized carbons (Fsp3) is 0.536. The standard InChI is InChI=1S/C28H34NO3/c1-8-20-27(9-2)22-21-16(13-19(30-6)25(22)31-7)11-12-17-23(21)29(28(20,27)10-3)14-18-24(17)32-15-26(18,4)5/h11-14,20H,8-10,15H2,1-7H3/q+1. The molecule has 4 heteroatoms. The fourth-order valence-corrected chi connectivity index (χ4v) is 7.92. The number of hydrogen-bond donors (Lipinski definition) is 0. The zero-order valence-electron chi connectivity index (χ0n) is 20.4. The van der Waals surface area contributed by atoms with Crippen molar-refractivity contribution in [1.29, 1.82) is 0 Å². The van der Waals surface area contributed by atoms with E-state index >= 15 is 0 Å². The van der Waals surface area contributed by atoms with Crippen LogP contribution in [0.25, 0.3) is 21.7 Å². The van der Waals surface area contributed by atoms with Gasteiger partial charge in [-0.3, -0.25) is 0 Å². The number of hydrogen-bond acceptors (Lipinski definition) is 3. The van der Waals surface area contributed by atoms with E-state index in [9.17, 15) is 0 Å². The van der Waals surface area contributed by atoms with Gasteiger partial charge in [0.25, 0.3) is 0 Å². The van der Waals surface area contributed by atoms with Gasteiger partial charge in [0, 0.05) is 23.3 Å². The second-order valence-electron chi connectivity index (χ2n) is 10.5. The molecule has 1 aromatic heterocycles. The third-order valence-corrected chi connectivity index (χ3v) is 9.16. The topological polar surface area (TPSA) is 31.6 Å². The van der Waals surface area contributed by atoms with E-state index in [1.807, 2.05) is 0 Å². The van der Waals surface area contributed by atoms with Crippen LogP contribution in [-0.2, 0) is 16.4 Å². The minimum absolute atomic E-state index is 0.0141. The lowest BCUT2D eigenvalue weighted by Gasteiger charge is -2.30. The number of ether oxygens (including phenoxy) is 3. The molecular formula is C28H34NO3+. The highest BCUT2D eigenvalue weighted by atomic mass is 16.5. The van der Waals surface area contributed by atoms with Crippen molar-refractivity contribution in [2.75, 3.05) is 20.8 Å². The first kappa shape index (κ1) is 20.1. The lowest BCUT2D eigenvalue weighted by Crippen LogP contribution is -2.54. The highest BCUT2D eigenvalue weighted by Gasteiger charge is 2.84. The summed E-state index contributed by atoms with van der Waals surface area (Å²) in [5, 5.41) is 3.77. The average Bonchev–Trinajstić information content (AvgIpc) is 3.31. The molecule has 0 saturated heterocycles. The van der Waals surface area contributed by atoms with Crippen LogP contribution in [0.5, 0.6) is 17.2 Å². The Morgan fingerprint density at radius 2 is 1.88 bits per heavy atom. The molecule has 0 radical (unpaired) electrons. The molecule has 3 heterocycles. The lowest BCUT2D eigenvalue weighted by molar-refractivity contribution is -0.724. The molecule has 0 spiro atoms. The maximum absolute atomic E-state index is 6.35. The van der Waals surface area contributed by atoms with Gasteiger partial charge in [-0.2, -0.15) is 4.57 Å². The van der Waals surface area contributed by atoms with Gasteiger partial charge in [-0.15, -0.1) is 0 Å². The van der Waals surface area contributed by atoms with E-state index in [2.05, 4.69) is 63.6 Å². The third kappa shape index (κ3) is 1.88. The zero-order valence-corrected chi connectivity index (χ0v) is 20.4. The first-order valence-electron chi connectivity index (χ1n) is 12.1. The van der Waals surface area contributed by atoms with Crippen molar-refractivity contribution in [3.05, 3.63) is 35.5 Å². The molecule has 0 bridgehead atoms. The summed E-state index contributed by atoms with van der Waals surface area (Å²) in [6.07, 6.45) is 5.77. The van der Waals surface area contributed by atoms with Gasteiger partial charge >= 0.3 is 0 Å². The van der Waals surface area contributed by atoms with Gasteiger partial charge in [0.15, 0.2) is 23.2 Å². The molecule has 3 unspecified atom stereocenters. The minimum Gasteiger partial charge on any atom is -0.493 e. The van der Waals surface area contributed by atoms with Crippen LogP contribution in [0.15, 0.2) is 24.4 Å². The molecule has 1 saturated carbocycles. The van der Waals surface area contributed by atoms with Crippen molar-refractivity contribution in [1.82, 2.24) is 0 Å². The van der Waals surface area contributed by atoms with Crippen molar-refractivity contribution in [2.24, 2.45) is 5.92 Å². The summed E-state index contributed by atoms with van der Waals surface area (Å²) in [6, 6.07) is 6.65. The first-order valence-corrected chi connectivity index (χ1v) is 12.1. The second kappa shape index (κ2) is 6.09. The molecule has 0 N–H and O–H groups in total. The molecule has 2 aliphatic heterocycles. The van der Waals surface area contributed by atoms with Crippen LogP contribution in [-0.4, -0.2) is 20.8 Å². The van der Waals surface area contributed by atoms with Crippen molar-refractivity contribution in [3.63, 3.8) is 0 Å². The lowest BCUT2D eigenvalue weighted by atomic mass is 9.78. The van der Waals surface area contributed by atoms with Crippen LogP contribution in [0, 0.1) is 5.92 Å². The van der Waals surface area contributed by atoms with E-state index in [0.717, 1.165) is 43.1 Å². The normalized spacial score (nSPS) is 28.5. The molecule has 4 nitrogen and oxygen atoms in total. The summed E-state index contributed by atoms with van der Waals surface area (Å²) in [6.45, 7) is 12.4. The fourth-order valence-electron chi connectivity index (χ4n) is 7.92. The van der Waals surface area contributed by atoms with Crippen molar-refractivity contribution < 1.29 is 18.8 Å². The van der Waals surface area contributed by atoms with E-state index < -0.39 is 0 Å². The quantitative estimate of drug-likeness (QED) is 0.379. The molecule has 6 rings (SSSR count). The highest BCUT2D eigenvalue weighted by Crippen LogP contribution is 2.75. The number of rotatable bonds is 5. The average molecular weight is 433 g/mol. The van der Waals surface area contributed by atoms with E-state index in [1.54, 1.807) is 14.2 Å². The van der Waals surface area contributed by atoms with Gasteiger partial charge in [0.1, 0.15) is 5.75 Å². The maximum atomic E-state index is 6.35. The number of methoxy groups -OCH3 is 2. The number of pyridine rings is 1. The van der Waals surface area contributed by atoms with E-state index in [0.29, 0.717) is 5.92 Å². The van der Waals surface area contributed by atoms with Crippen LogP contribution >= 0.6 is 0 Å². The van der Waals surface area contributed by atoms with Gasteiger partial charge in [-0.25, -0.2) is 0 Å². The van der Waals surface area contributed by atoms with Crippen LogP contribution in [0.4, 0.5) is 0 Å². The Morgan fingerprint density at radius 1 is 1.09 bits per heavy atom. The molecule has 32 heavy (non-hydrogen) atoms. The van der Waals surface area contributed by atoms with Crippen LogP contribution < -0.4 is 18.8 Å². The van der Waals surface area contributed by atoms with Crippen LogP contribution in [0.3, 0.4) is 0 Å². The SMILES string of the molecule is CCC1C2(CC)c3c(OC)c(OC)cc4ccc5c6c(c[n+](c5c34)C12CC)C(C)(C)CO6. The molecule has 168 valence electrons. The molecule has 1 fully saturated rings. The Labute approximate surface area is 190 Å². The van der Waals surface area contributed by atoms with Gasteiger partial charge in [-0.05, 0) is 30.4 Å². The smallest absolute Gasteiger partial charge is 0.225 e.